The number of ether oxygens (including phenoxy) is 2. The van der Waals surface area contributed by atoms with Crippen LogP contribution in [0.4, 0.5) is 5.69 Å². The molecule has 3 rings (SSSR count). The Morgan fingerprint density at radius 3 is 2.42 bits per heavy atom. The Kier molecular flexibility index (Phi) is 8.09. The highest BCUT2D eigenvalue weighted by Gasteiger charge is 2.12. The Bertz CT molecular complexity index is 1250. The number of nitrogens with zero attached hydrogens (tertiary/aromatic N) is 1. The Morgan fingerprint density at radius 2 is 1.76 bits per heavy atom. The quantitative estimate of drug-likeness (QED) is 0.258. The second-order valence-corrected chi connectivity index (χ2v) is 7.58. The van der Waals surface area contributed by atoms with E-state index in [1.165, 1.54) is 25.3 Å². The molecular weight excluding hydrogens is 463 g/mol. The molecule has 0 unspecified atom stereocenters. The number of esters is 1. The highest BCUT2D eigenvalue weighted by atomic mass is 35.5. The highest BCUT2D eigenvalue weighted by Crippen LogP contribution is 2.26. The molecule has 6 nitrogen and oxygen atoms in total. The lowest BCUT2D eigenvalue weighted by atomic mass is 10.1. The third-order valence-corrected chi connectivity index (χ3v) is 5.27. The Labute approximate surface area is 201 Å². The SMILES string of the molecule is COC(=O)c1ccc(NC(=O)/C(C#N)=C/c2ccccc2OCc2ccc(Cl)c(Cl)c2)cc1. The van der Waals surface area contributed by atoms with Gasteiger partial charge in [0, 0.05) is 11.3 Å². The van der Waals surface area contributed by atoms with E-state index in [0.717, 1.165) is 5.56 Å². The molecule has 0 fully saturated rings. The topological polar surface area (TPSA) is 88.4 Å². The van der Waals surface area contributed by atoms with E-state index in [1.807, 2.05) is 6.07 Å². The van der Waals surface area contributed by atoms with Gasteiger partial charge in [0.25, 0.3) is 5.91 Å². The lowest BCUT2D eigenvalue weighted by Crippen LogP contribution is -2.13. The summed E-state index contributed by atoms with van der Waals surface area (Å²) in [5.74, 6) is -0.586. The summed E-state index contributed by atoms with van der Waals surface area (Å²) in [6.45, 7) is 0.225. The predicted octanol–water partition coefficient (Wildman–Crippen LogP) is 5.90. The molecule has 1 amide bonds. The van der Waals surface area contributed by atoms with Crippen molar-refractivity contribution in [2.24, 2.45) is 0 Å². The molecule has 0 aliphatic carbocycles. The van der Waals surface area contributed by atoms with E-state index in [9.17, 15) is 14.9 Å². The number of halogens is 2. The fourth-order valence-corrected chi connectivity index (χ4v) is 3.15. The first kappa shape index (κ1) is 23.9. The van der Waals surface area contributed by atoms with Crippen LogP contribution < -0.4 is 10.1 Å². The zero-order chi connectivity index (χ0) is 23.8. The molecule has 1 N–H and O–H groups in total. The van der Waals surface area contributed by atoms with Crippen LogP contribution >= 0.6 is 23.2 Å². The molecule has 0 heterocycles. The molecule has 0 aliphatic rings. The summed E-state index contributed by atoms with van der Waals surface area (Å²) in [4.78, 5) is 24.1. The van der Waals surface area contributed by atoms with Crippen LogP contribution in [0.1, 0.15) is 21.5 Å². The second-order valence-electron chi connectivity index (χ2n) is 6.77. The van der Waals surface area contributed by atoms with Gasteiger partial charge in [0.15, 0.2) is 0 Å². The number of carbonyl (C=O) groups is 2. The minimum Gasteiger partial charge on any atom is -0.488 e. The maximum atomic E-state index is 12.6. The number of nitriles is 1. The minimum atomic E-state index is -0.595. The molecule has 3 aromatic carbocycles. The second kappa shape index (κ2) is 11.2. The predicted molar refractivity (Wildman–Crippen MR) is 127 cm³/mol. The van der Waals surface area contributed by atoms with Crippen LogP contribution in [0.5, 0.6) is 5.75 Å². The molecule has 0 bridgehead atoms. The molecule has 0 radical (unpaired) electrons. The molecule has 0 aromatic heterocycles. The molecule has 166 valence electrons. The van der Waals surface area contributed by atoms with Gasteiger partial charge in [-0.1, -0.05) is 47.5 Å². The van der Waals surface area contributed by atoms with Gasteiger partial charge in [-0.25, -0.2) is 4.79 Å². The number of nitrogens with one attached hydrogen (secondary N) is 1. The van der Waals surface area contributed by atoms with Crippen LogP contribution in [0.2, 0.25) is 10.0 Å². The van der Waals surface area contributed by atoms with Crippen LogP contribution in [0.3, 0.4) is 0 Å². The summed E-state index contributed by atoms with van der Waals surface area (Å²) in [7, 11) is 1.29. The van der Waals surface area contributed by atoms with Crippen molar-refractivity contribution in [1.82, 2.24) is 0 Å². The number of rotatable bonds is 7. The summed E-state index contributed by atoms with van der Waals surface area (Å²) < 4.78 is 10.5. The molecule has 0 saturated carbocycles. The van der Waals surface area contributed by atoms with Crippen molar-refractivity contribution in [3.63, 3.8) is 0 Å². The zero-order valence-corrected chi connectivity index (χ0v) is 19.0. The smallest absolute Gasteiger partial charge is 0.337 e. The first-order valence-electron chi connectivity index (χ1n) is 9.68. The Balaban J connectivity index is 1.75. The number of benzene rings is 3. The number of hydrogen-bond acceptors (Lipinski definition) is 5. The van der Waals surface area contributed by atoms with Gasteiger partial charge in [-0.2, -0.15) is 5.26 Å². The van der Waals surface area contributed by atoms with Crippen molar-refractivity contribution in [3.05, 3.63) is 99.0 Å². The average Bonchev–Trinajstić information content (AvgIpc) is 2.83. The van der Waals surface area contributed by atoms with E-state index < -0.39 is 11.9 Å². The average molecular weight is 481 g/mol. The molecule has 0 saturated heterocycles. The number of anilines is 1. The van der Waals surface area contributed by atoms with Crippen LogP contribution in [-0.2, 0) is 16.1 Å². The Hall–Kier alpha value is -3.79. The Morgan fingerprint density at radius 1 is 1.03 bits per heavy atom. The molecule has 8 heteroatoms. The number of amides is 1. The van der Waals surface area contributed by atoms with Crippen LogP contribution in [-0.4, -0.2) is 19.0 Å². The van der Waals surface area contributed by atoms with Gasteiger partial charge in [0.1, 0.15) is 24.0 Å². The minimum absolute atomic E-state index is 0.113. The van der Waals surface area contributed by atoms with Gasteiger partial charge in [0.2, 0.25) is 0 Å². The molecule has 0 spiro atoms. The van der Waals surface area contributed by atoms with Crippen LogP contribution in [0, 0.1) is 11.3 Å². The van der Waals surface area contributed by atoms with Gasteiger partial charge >= 0.3 is 5.97 Å². The lowest BCUT2D eigenvalue weighted by molar-refractivity contribution is -0.112. The fraction of sp³-hybridized carbons (Fsp3) is 0.0800. The van der Waals surface area contributed by atoms with Gasteiger partial charge in [-0.3, -0.25) is 4.79 Å². The summed E-state index contributed by atoms with van der Waals surface area (Å²) >= 11 is 12.0. The normalized spacial score (nSPS) is 10.8. The van der Waals surface area contributed by atoms with E-state index in [-0.39, 0.29) is 12.2 Å². The molecule has 33 heavy (non-hydrogen) atoms. The number of methoxy groups -OCH3 is 1. The van der Waals surface area contributed by atoms with Crippen LogP contribution in [0.25, 0.3) is 6.08 Å². The van der Waals surface area contributed by atoms with Crippen molar-refractivity contribution < 1.29 is 19.1 Å². The van der Waals surface area contributed by atoms with Crippen molar-refractivity contribution in [1.29, 1.82) is 5.26 Å². The van der Waals surface area contributed by atoms with Crippen molar-refractivity contribution in [2.45, 2.75) is 6.61 Å². The van der Waals surface area contributed by atoms with Crippen LogP contribution in [0.15, 0.2) is 72.3 Å². The summed E-state index contributed by atoms with van der Waals surface area (Å²) in [5, 5.41) is 13.0. The summed E-state index contributed by atoms with van der Waals surface area (Å²) in [6.07, 6.45) is 1.45. The first-order valence-corrected chi connectivity index (χ1v) is 10.4. The first-order chi connectivity index (χ1) is 15.9. The highest BCUT2D eigenvalue weighted by molar-refractivity contribution is 6.42. The van der Waals surface area contributed by atoms with Crippen molar-refractivity contribution >= 4 is 46.8 Å². The van der Waals surface area contributed by atoms with E-state index >= 15 is 0 Å². The molecular formula is C25H18Cl2N2O4. The maximum absolute atomic E-state index is 12.6. The van der Waals surface area contributed by atoms with Crippen molar-refractivity contribution in [2.75, 3.05) is 12.4 Å². The lowest BCUT2D eigenvalue weighted by Gasteiger charge is -2.10. The summed E-state index contributed by atoms with van der Waals surface area (Å²) in [6, 6.07) is 20.3. The largest absolute Gasteiger partial charge is 0.488 e. The van der Waals surface area contributed by atoms with E-state index in [0.29, 0.717) is 32.6 Å². The summed E-state index contributed by atoms with van der Waals surface area (Å²) in [5.41, 5.74) is 2.04. The maximum Gasteiger partial charge on any atom is 0.337 e. The van der Waals surface area contributed by atoms with Gasteiger partial charge in [-0.15, -0.1) is 0 Å². The van der Waals surface area contributed by atoms with Gasteiger partial charge in [-0.05, 0) is 54.1 Å². The number of para-hydroxylation sites is 1. The standard InChI is InChI=1S/C25H18Cl2N2O4/c1-32-25(31)17-7-9-20(10-8-17)29-24(30)19(14-28)13-18-4-2-3-5-23(18)33-15-16-6-11-21(26)22(27)12-16/h2-13H,15H2,1H3,(H,29,30)/b19-13+. The molecule has 0 atom stereocenters. The molecule has 0 aliphatic heterocycles. The van der Waals surface area contributed by atoms with E-state index in [4.69, 9.17) is 27.9 Å². The van der Waals surface area contributed by atoms with Gasteiger partial charge in [0.05, 0.1) is 22.7 Å². The van der Waals surface area contributed by atoms with Crippen molar-refractivity contribution in [3.8, 4) is 11.8 Å². The zero-order valence-electron chi connectivity index (χ0n) is 17.5. The number of hydrogen-bond donors (Lipinski definition) is 1. The monoisotopic (exact) mass is 480 g/mol. The fourth-order valence-electron chi connectivity index (χ4n) is 2.83. The van der Waals surface area contributed by atoms with E-state index in [2.05, 4.69) is 10.1 Å². The van der Waals surface area contributed by atoms with Gasteiger partial charge < -0.3 is 14.8 Å². The van der Waals surface area contributed by atoms with E-state index in [1.54, 1.807) is 54.6 Å². The number of carbonyl (C=O) groups excluding carboxylic acids is 2. The third kappa shape index (κ3) is 6.36. The third-order valence-electron chi connectivity index (χ3n) is 4.53. The molecule has 3 aromatic rings.